The highest BCUT2D eigenvalue weighted by Gasteiger charge is 2.24. The number of nitrogens with zero attached hydrogens (tertiary/aromatic N) is 20. The molecule has 20 heterocycles. The van der Waals surface area contributed by atoms with E-state index in [1.165, 1.54) is 119 Å². The number of anilines is 5. The Morgan fingerprint density at radius 1 is 0.449 bits per heavy atom. The molecule has 0 radical (unpaired) electrons. The summed E-state index contributed by atoms with van der Waals surface area (Å²) < 4.78 is 38.8. The van der Waals surface area contributed by atoms with Crippen LogP contribution in [-0.2, 0) is 54.6 Å². The van der Waals surface area contributed by atoms with Crippen LogP contribution >= 0.6 is 56.7 Å². The van der Waals surface area contributed by atoms with Gasteiger partial charge in [-0.2, -0.15) is 4.98 Å². The van der Waals surface area contributed by atoms with Crippen LogP contribution in [0.5, 0.6) is 0 Å². The van der Waals surface area contributed by atoms with E-state index in [2.05, 4.69) is 117 Å². The van der Waals surface area contributed by atoms with E-state index in [-0.39, 0.29) is 41.1 Å². The highest BCUT2D eigenvalue weighted by molar-refractivity contribution is 7.89. The van der Waals surface area contributed by atoms with Crippen molar-refractivity contribution in [3.63, 3.8) is 0 Å². The molecule has 0 fully saturated rings. The summed E-state index contributed by atoms with van der Waals surface area (Å²) in [7, 11) is -0.0619. The molecule has 0 unspecified atom stereocenters. The lowest BCUT2D eigenvalue weighted by atomic mass is 10.1. The molecule has 43 heteroatoms. The minimum atomic E-state index is -3.48. The van der Waals surface area contributed by atoms with Gasteiger partial charge in [-0.25, -0.2) is 87.0 Å². The lowest BCUT2D eigenvalue weighted by Gasteiger charge is -2.02. The maximum Gasteiger partial charge on any atom is 0.329 e. The molecule has 0 spiro atoms. The van der Waals surface area contributed by atoms with Gasteiger partial charge >= 0.3 is 5.69 Å². The Morgan fingerprint density at radius 2 is 0.881 bits per heavy atom. The van der Waals surface area contributed by atoms with Crippen molar-refractivity contribution in [1.29, 1.82) is 0 Å². The third kappa shape index (κ3) is 16.6. The number of nitrogens with one attached hydrogen (secondary N) is 6. The number of imidazole rings is 1. The number of carbonyl (C=O) groups is 6. The zero-order valence-corrected chi connectivity index (χ0v) is 67.3. The Kier molecular flexibility index (Phi) is 21.0. The van der Waals surface area contributed by atoms with E-state index in [4.69, 9.17) is 8.83 Å². The lowest BCUT2D eigenvalue weighted by molar-refractivity contribution is -0.115. The van der Waals surface area contributed by atoms with Crippen molar-refractivity contribution in [3.05, 3.63) is 169 Å². The van der Waals surface area contributed by atoms with Crippen LogP contribution in [0.2, 0.25) is 0 Å². The quantitative estimate of drug-likeness (QED) is 0.0700. The van der Waals surface area contributed by atoms with Crippen LogP contribution in [0.25, 0.3) is 153 Å². The first kappa shape index (κ1) is 77.4. The van der Waals surface area contributed by atoms with Gasteiger partial charge < -0.3 is 40.7 Å². The molecule has 6 N–H and O–H groups in total. The monoisotopic (exact) mass is 1690 g/mol. The second-order valence-electron chi connectivity index (χ2n) is 25.8. The van der Waals surface area contributed by atoms with E-state index in [9.17, 15) is 42.0 Å². The summed E-state index contributed by atoms with van der Waals surface area (Å²) in [4.78, 5) is 157. The first-order valence-electron chi connectivity index (χ1n) is 34.9. The number of oxazole rings is 2. The van der Waals surface area contributed by atoms with Gasteiger partial charge in [-0.3, -0.25) is 47.9 Å². The van der Waals surface area contributed by atoms with E-state index < -0.39 is 10.0 Å². The van der Waals surface area contributed by atoms with Gasteiger partial charge in [0.05, 0.1) is 51.3 Å². The minimum Gasteiger partial charge on any atom is -0.442 e. The number of amides is 6. The second-order valence-corrected chi connectivity index (χ2v) is 32.5. The molecule has 20 rings (SSSR count). The molecular weight excluding hydrogens is 1630 g/mol. The Hall–Kier alpha value is -14.5. The van der Waals surface area contributed by atoms with E-state index in [0.29, 0.717) is 98.6 Å². The van der Waals surface area contributed by atoms with Gasteiger partial charge in [-0.05, 0) is 97.1 Å². The fourth-order valence-corrected chi connectivity index (χ4v) is 17.2. The molecule has 588 valence electrons. The first-order chi connectivity index (χ1) is 56.7. The summed E-state index contributed by atoms with van der Waals surface area (Å²) >= 11 is 6.55. The predicted octanol–water partition coefficient (Wildman–Crippen LogP) is 12.0. The molecular formula is C75H56N26O11S6. The van der Waals surface area contributed by atoms with Gasteiger partial charge in [0, 0.05) is 126 Å². The third-order valence-electron chi connectivity index (χ3n) is 17.1. The Labute approximate surface area is 682 Å². The molecule has 0 bridgehead atoms. The third-order valence-corrected chi connectivity index (χ3v) is 22.6. The number of hydrogen-bond donors (Lipinski definition) is 6. The summed E-state index contributed by atoms with van der Waals surface area (Å²) in [6, 6.07) is 29.3. The van der Waals surface area contributed by atoms with Crippen molar-refractivity contribution >= 4 is 224 Å². The molecule has 0 saturated heterocycles. The second kappa shape index (κ2) is 32.0. The Bertz CT molecular complexity index is 7320. The van der Waals surface area contributed by atoms with Crippen molar-refractivity contribution in [2.75, 3.05) is 32.8 Å². The topological polar surface area (TPSA) is 486 Å². The smallest absolute Gasteiger partial charge is 0.329 e. The molecule has 37 nitrogen and oxygen atoms in total. The number of aryl methyl sites for hydroxylation is 2. The van der Waals surface area contributed by atoms with E-state index in [1.54, 1.807) is 73.9 Å². The summed E-state index contributed by atoms with van der Waals surface area (Å²) in [6.45, 7) is 7.68. The average molecular weight is 1690 g/mol. The van der Waals surface area contributed by atoms with Gasteiger partial charge in [0.25, 0.3) is 5.91 Å². The number of pyridine rings is 10. The largest absolute Gasteiger partial charge is 0.442 e. The zero-order chi connectivity index (χ0) is 82.4. The summed E-state index contributed by atoms with van der Waals surface area (Å²) in [6.07, 6.45) is 13.7. The van der Waals surface area contributed by atoms with Crippen molar-refractivity contribution in [1.82, 2.24) is 103 Å². The maximum absolute atomic E-state index is 12.1. The van der Waals surface area contributed by atoms with Crippen molar-refractivity contribution in [2.24, 2.45) is 14.1 Å². The van der Waals surface area contributed by atoms with Gasteiger partial charge in [0.2, 0.25) is 45.3 Å². The summed E-state index contributed by atoms with van der Waals surface area (Å²) in [5.74, 6) is -0.982. The molecule has 0 saturated carbocycles. The molecule has 6 amide bonds. The van der Waals surface area contributed by atoms with Crippen LogP contribution in [-0.4, -0.2) is 148 Å². The van der Waals surface area contributed by atoms with Crippen LogP contribution in [0.1, 0.15) is 50.7 Å². The molecule has 19 aromatic heterocycles. The predicted molar refractivity (Wildman–Crippen MR) is 449 cm³/mol. The first-order valence-corrected chi connectivity index (χ1v) is 40.8. The summed E-state index contributed by atoms with van der Waals surface area (Å²) in [5.41, 5.74) is 17.1. The Morgan fingerprint density at radius 3 is 1.37 bits per heavy atom. The van der Waals surface area contributed by atoms with Gasteiger partial charge in [-0.1, -0.05) is 56.7 Å². The normalized spacial score (nSPS) is 11.7. The van der Waals surface area contributed by atoms with Gasteiger partial charge in [0.1, 0.15) is 62.9 Å². The fourth-order valence-electron chi connectivity index (χ4n) is 11.9. The molecule has 118 heavy (non-hydrogen) atoms. The lowest BCUT2D eigenvalue weighted by Crippen LogP contribution is -2.19. The molecule has 1 aliphatic heterocycles. The highest BCUT2D eigenvalue weighted by atomic mass is 32.2. The zero-order valence-electron chi connectivity index (χ0n) is 62.4. The van der Waals surface area contributed by atoms with Crippen LogP contribution in [0, 0.1) is 0 Å². The number of aromatic nitrogens is 20. The van der Waals surface area contributed by atoms with E-state index >= 15 is 0 Å². The fraction of sp³-hybridized carbons (Fsp3) is 0.120. The number of rotatable bonds is 11. The Balaban J connectivity index is 0.000000110. The van der Waals surface area contributed by atoms with E-state index in [1.807, 2.05) is 72.8 Å². The van der Waals surface area contributed by atoms with Gasteiger partial charge in [0.15, 0.2) is 55.3 Å². The molecule has 1 aliphatic rings. The average Bonchev–Trinajstić information content (AvgIpc) is 1.61. The van der Waals surface area contributed by atoms with Crippen LogP contribution < -0.4 is 37.6 Å². The number of thiazole rings is 5. The SMILES string of the molecule is CC(=O)Nc1nc2ccc(-c3cn(S(C)(=O)=O)c4cccnc34)nc2s1.CC(=O)Nc1nc2ccc(-c3cnc4c(c3)CNC4=O)nc2s1.CC(=O)Nc1nc2ccc(-c3cnc4c(c3)n(C)c(=O)n4C)nc2s1.CC(=O)Nc1nc2ccc(-c3cnc4ncoc4c3)nc2s1.CC(=O)Nc1nc2ccc(-c3cnc4ocnc4c3)nc2s1. The van der Waals surface area contributed by atoms with Gasteiger partial charge in [-0.15, -0.1) is 0 Å². The van der Waals surface area contributed by atoms with Crippen LogP contribution in [0.3, 0.4) is 0 Å². The standard InChI is InChI=1S/C16H14N6O2S.C16H13N5O3S2.C15H11N5O2S.2C14H9N5O2S/c1-8(23)18-15-20-11-5-4-10(19-14(11)25-15)9-6-12-13(17-7-9)22(3)16(24)21(12)2;1-9(22)18-16-20-12-6-5-11(19-15(12)25-16)10-8-21(26(2,23)24)13-4-3-7-17-14(10)13;1-7(21)18-15-20-11-3-2-10(19-14(11)23-15)8-4-9-6-17-13(22)12(9)16-5-8;1-7(20)17-14-19-10-3-2-9(18-13(10)22-14)8-4-11-12(15-5-8)16-6-21-11;1-7(20)17-14-19-10-3-2-9(18-13(10)22-14)8-4-11-12(15-5-8)21-6-16-11/h4-7H,1-3H3,(H,18,20,23);3-8H,1-2H3,(H,18,20,22);2-5H,6H2,1H3,(H,17,22)(H,18,20,21);2*2-6H,1H3,(H,17,19,20). The molecule has 19 aromatic rings. The number of fused-ring (bicyclic) bond motifs is 10. The van der Waals surface area contributed by atoms with Crippen LogP contribution in [0.15, 0.2) is 161 Å². The van der Waals surface area contributed by atoms with Crippen molar-refractivity contribution in [3.8, 4) is 56.3 Å². The maximum atomic E-state index is 12.1. The van der Waals surface area contributed by atoms with Crippen molar-refractivity contribution < 1.29 is 46.0 Å². The van der Waals surface area contributed by atoms with Crippen LogP contribution in [0.4, 0.5) is 25.7 Å². The number of hydrogen-bond acceptors (Lipinski definition) is 33. The minimum absolute atomic E-state index is 0.120. The highest BCUT2D eigenvalue weighted by Crippen LogP contribution is 2.36. The number of carbonyl (C=O) groups excluding carboxylic acids is 6. The molecule has 0 atom stereocenters. The van der Waals surface area contributed by atoms with Crippen molar-refractivity contribution in [2.45, 2.75) is 41.2 Å². The van der Waals surface area contributed by atoms with E-state index in [0.717, 1.165) is 104 Å². The summed E-state index contributed by atoms with van der Waals surface area (Å²) in [5, 5.41) is 18.6. The molecule has 0 aliphatic carbocycles. The molecule has 0 aromatic carbocycles.